The number of anilines is 1. The van der Waals surface area contributed by atoms with Crippen molar-refractivity contribution >= 4 is 23.5 Å². The number of aromatic nitrogens is 2. The molecule has 0 bridgehead atoms. The number of amides is 1. The van der Waals surface area contributed by atoms with Crippen molar-refractivity contribution in [2.24, 2.45) is 0 Å². The Hall–Kier alpha value is -1.85. The van der Waals surface area contributed by atoms with Gasteiger partial charge in [-0.2, -0.15) is 5.26 Å². The molecule has 1 amide bonds. The second-order valence-electron chi connectivity index (χ2n) is 5.09. The molecular formula is C13H16N6OS. The van der Waals surface area contributed by atoms with Crippen molar-refractivity contribution in [3.05, 3.63) is 11.8 Å². The molecule has 0 spiro atoms. The van der Waals surface area contributed by atoms with E-state index >= 15 is 0 Å². The number of nitriles is 1. The third-order valence-electron chi connectivity index (χ3n) is 3.80. The Bertz CT molecular complexity index is 595. The smallest absolute Gasteiger partial charge is 0.234 e. The van der Waals surface area contributed by atoms with Crippen molar-refractivity contribution in [3.8, 4) is 6.07 Å². The minimum absolute atomic E-state index is 0.0871. The molecule has 21 heavy (non-hydrogen) atoms. The fourth-order valence-electron chi connectivity index (χ4n) is 2.60. The molecule has 110 valence electrons. The van der Waals surface area contributed by atoms with Crippen LogP contribution in [0.5, 0.6) is 0 Å². The van der Waals surface area contributed by atoms with Crippen LogP contribution in [0, 0.1) is 11.3 Å². The molecule has 2 fully saturated rings. The lowest BCUT2D eigenvalue weighted by Gasteiger charge is -2.47. The summed E-state index contributed by atoms with van der Waals surface area (Å²) in [4.78, 5) is 24.3. The monoisotopic (exact) mass is 304 g/mol. The van der Waals surface area contributed by atoms with Crippen molar-refractivity contribution in [1.29, 1.82) is 5.26 Å². The lowest BCUT2D eigenvalue weighted by molar-refractivity contribution is -0.125. The van der Waals surface area contributed by atoms with Gasteiger partial charge in [-0.1, -0.05) is 11.8 Å². The number of hydrogen-bond acceptors (Lipinski definition) is 7. The Kier molecular flexibility index (Phi) is 3.94. The van der Waals surface area contributed by atoms with Gasteiger partial charge in [0.05, 0.1) is 12.7 Å². The van der Waals surface area contributed by atoms with Crippen LogP contribution in [-0.2, 0) is 4.79 Å². The van der Waals surface area contributed by atoms with Gasteiger partial charge >= 0.3 is 0 Å². The summed E-state index contributed by atoms with van der Waals surface area (Å²) in [5.74, 6) is 0.790. The number of rotatable bonds is 3. The minimum Gasteiger partial charge on any atom is -0.354 e. The van der Waals surface area contributed by atoms with Gasteiger partial charge in [-0.3, -0.25) is 9.69 Å². The first-order valence-electron chi connectivity index (χ1n) is 6.78. The van der Waals surface area contributed by atoms with Gasteiger partial charge in [0, 0.05) is 32.2 Å². The van der Waals surface area contributed by atoms with Crippen molar-refractivity contribution in [2.75, 3.05) is 43.9 Å². The summed E-state index contributed by atoms with van der Waals surface area (Å²) in [6.45, 7) is 3.65. The van der Waals surface area contributed by atoms with Gasteiger partial charge in [0.2, 0.25) is 5.91 Å². The third kappa shape index (κ3) is 2.80. The zero-order valence-corrected chi connectivity index (χ0v) is 12.6. The Morgan fingerprint density at radius 1 is 1.52 bits per heavy atom. The van der Waals surface area contributed by atoms with Crippen molar-refractivity contribution in [3.63, 3.8) is 0 Å². The lowest BCUT2D eigenvalue weighted by atomic mass is 10.1. The van der Waals surface area contributed by atoms with Crippen LogP contribution >= 0.6 is 11.8 Å². The number of hydrogen-bond donors (Lipinski definition) is 1. The Morgan fingerprint density at radius 2 is 2.33 bits per heavy atom. The Balaban J connectivity index is 1.68. The van der Waals surface area contributed by atoms with E-state index in [2.05, 4.69) is 31.2 Å². The van der Waals surface area contributed by atoms with E-state index in [1.54, 1.807) is 6.20 Å². The molecule has 3 rings (SSSR count). The molecule has 0 saturated carbocycles. The zero-order valence-electron chi connectivity index (χ0n) is 11.7. The van der Waals surface area contributed by atoms with Crippen LogP contribution < -0.4 is 10.2 Å². The molecule has 1 aromatic heterocycles. The normalized spacial score (nSPS) is 19.8. The summed E-state index contributed by atoms with van der Waals surface area (Å²) < 4.78 is 0. The highest BCUT2D eigenvalue weighted by Gasteiger charge is 2.35. The average Bonchev–Trinajstić information content (AvgIpc) is 2.45. The molecule has 0 radical (unpaired) electrons. The second kappa shape index (κ2) is 5.87. The van der Waals surface area contributed by atoms with Crippen LogP contribution in [0.2, 0.25) is 0 Å². The van der Waals surface area contributed by atoms with Crippen LogP contribution in [0.4, 0.5) is 5.82 Å². The van der Waals surface area contributed by atoms with Gasteiger partial charge in [-0.05, 0) is 6.26 Å². The molecule has 0 atom stereocenters. The zero-order chi connectivity index (χ0) is 14.8. The van der Waals surface area contributed by atoms with E-state index in [1.165, 1.54) is 11.8 Å². The molecule has 0 unspecified atom stereocenters. The molecule has 2 saturated heterocycles. The van der Waals surface area contributed by atoms with Gasteiger partial charge in [0.25, 0.3) is 0 Å². The summed E-state index contributed by atoms with van der Waals surface area (Å²) >= 11 is 1.46. The van der Waals surface area contributed by atoms with Crippen LogP contribution in [0.15, 0.2) is 11.4 Å². The van der Waals surface area contributed by atoms with E-state index in [0.717, 1.165) is 19.6 Å². The third-order valence-corrected chi connectivity index (χ3v) is 4.36. The van der Waals surface area contributed by atoms with Gasteiger partial charge in [-0.15, -0.1) is 0 Å². The summed E-state index contributed by atoms with van der Waals surface area (Å²) in [6.07, 6.45) is 3.49. The van der Waals surface area contributed by atoms with E-state index < -0.39 is 0 Å². The van der Waals surface area contributed by atoms with E-state index in [-0.39, 0.29) is 5.91 Å². The summed E-state index contributed by atoms with van der Waals surface area (Å²) in [7, 11) is 0. The van der Waals surface area contributed by atoms with Gasteiger partial charge < -0.3 is 10.2 Å². The minimum atomic E-state index is 0.0871. The number of carbonyl (C=O) groups is 1. The quantitative estimate of drug-likeness (QED) is 0.605. The molecular weight excluding hydrogens is 288 g/mol. The molecule has 8 heteroatoms. The fourth-order valence-corrected chi connectivity index (χ4v) is 2.94. The Labute approximate surface area is 127 Å². The van der Waals surface area contributed by atoms with Crippen LogP contribution in [0.25, 0.3) is 0 Å². The summed E-state index contributed by atoms with van der Waals surface area (Å²) in [5.41, 5.74) is 0.502. The van der Waals surface area contributed by atoms with E-state index in [9.17, 15) is 10.1 Å². The maximum Gasteiger partial charge on any atom is 0.234 e. The standard InChI is InChI=1S/C13H16N6OS/c1-21-13-16-5-9(4-14)12(17-13)19-6-10(7-19)18-3-2-15-11(20)8-18/h5,10H,2-3,6-8H2,1H3,(H,15,20). The summed E-state index contributed by atoms with van der Waals surface area (Å²) in [5, 5.41) is 12.7. The molecule has 3 heterocycles. The van der Waals surface area contributed by atoms with Gasteiger partial charge in [-0.25, -0.2) is 9.97 Å². The molecule has 1 N–H and O–H groups in total. The number of nitrogens with one attached hydrogen (secondary N) is 1. The first-order valence-corrected chi connectivity index (χ1v) is 8.00. The second-order valence-corrected chi connectivity index (χ2v) is 5.86. The first-order chi connectivity index (χ1) is 10.2. The number of carbonyl (C=O) groups excluding carboxylic acids is 1. The van der Waals surface area contributed by atoms with E-state index in [1.807, 2.05) is 6.26 Å². The number of piperazine rings is 1. The number of thioether (sulfide) groups is 1. The Morgan fingerprint density at radius 3 is 3.00 bits per heavy atom. The van der Waals surface area contributed by atoms with Gasteiger partial charge in [0.15, 0.2) is 11.0 Å². The molecule has 0 aromatic carbocycles. The van der Waals surface area contributed by atoms with E-state index in [4.69, 9.17) is 0 Å². The maximum absolute atomic E-state index is 11.4. The highest BCUT2D eigenvalue weighted by atomic mass is 32.2. The van der Waals surface area contributed by atoms with Crippen LogP contribution in [0.3, 0.4) is 0 Å². The van der Waals surface area contributed by atoms with E-state index in [0.29, 0.717) is 35.7 Å². The molecule has 0 aliphatic carbocycles. The van der Waals surface area contributed by atoms with Crippen molar-refractivity contribution in [1.82, 2.24) is 20.2 Å². The topological polar surface area (TPSA) is 85.2 Å². The highest BCUT2D eigenvalue weighted by molar-refractivity contribution is 7.98. The molecule has 2 aliphatic heterocycles. The van der Waals surface area contributed by atoms with Crippen LogP contribution in [0.1, 0.15) is 5.56 Å². The molecule has 7 nitrogen and oxygen atoms in total. The molecule has 1 aromatic rings. The first kappa shape index (κ1) is 14.1. The number of nitrogens with zero attached hydrogens (tertiary/aromatic N) is 5. The average molecular weight is 304 g/mol. The summed E-state index contributed by atoms with van der Waals surface area (Å²) in [6, 6.07) is 2.50. The predicted molar refractivity (Wildman–Crippen MR) is 79.1 cm³/mol. The SMILES string of the molecule is CSc1ncc(C#N)c(N2CC(N3CCNC(=O)C3)C2)n1. The van der Waals surface area contributed by atoms with Crippen LogP contribution in [-0.4, -0.2) is 65.8 Å². The highest BCUT2D eigenvalue weighted by Crippen LogP contribution is 2.26. The molecule has 2 aliphatic rings. The lowest BCUT2D eigenvalue weighted by Crippen LogP contribution is -2.64. The van der Waals surface area contributed by atoms with Crippen molar-refractivity contribution in [2.45, 2.75) is 11.2 Å². The fraction of sp³-hybridized carbons (Fsp3) is 0.538. The van der Waals surface area contributed by atoms with Crippen molar-refractivity contribution < 1.29 is 4.79 Å². The largest absolute Gasteiger partial charge is 0.354 e. The predicted octanol–water partition coefficient (Wildman–Crippen LogP) is -0.309. The maximum atomic E-state index is 11.4. The van der Waals surface area contributed by atoms with Gasteiger partial charge in [0.1, 0.15) is 11.6 Å².